The number of fused-ring (bicyclic) bond motifs is 3. The summed E-state index contributed by atoms with van der Waals surface area (Å²) in [6, 6.07) is 16.8. The molecule has 0 atom stereocenters. The summed E-state index contributed by atoms with van der Waals surface area (Å²) in [7, 11) is -3.75. The highest BCUT2D eigenvalue weighted by molar-refractivity contribution is 7.92. The van der Waals surface area contributed by atoms with E-state index >= 15 is 0 Å². The van der Waals surface area contributed by atoms with Gasteiger partial charge >= 0.3 is 6.18 Å². The predicted molar refractivity (Wildman–Crippen MR) is 125 cm³/mol. The molecule has 0 unspecified atom stereocenters. The number of anilines is 2. The minimum absolute atomic E-state index is 0.0187. The third-order valence-electron chi connectivity index (χ3n) is 5.31. The Balaban J connectivity index is 1.40. The molecule has 0 bridgehead atoms. The van der Waals surface area contributed by atoms with Crippen LogP contribution in [-0.2, 0) is 21.0 Å². The van der Waals surface area contributed by atoms with E-state index in [-0.39, 0.29) is 31.0 Å². The van der Waals surface area contributed by atoms with Crippen molar-refractivity contribution in [2.45, 2.75) is 19.0 Å². The number of para-hydroxylation sites is 1. The number of sulfonamides is 1. The largest absolute Gasteiger partial charge is 0.456 e. The standard InChI is InChI=1S/C24H21F3N2O4S/c1-34(31,32)29(18-11-8-16(9-12-18)24(25,26)27)14-4-7-23(30)28-17-10-13-20-19-5-2-3-6-21(19)33-22(20)15-17/h2-3,5-6,8-13,15H,4,7,14H2,1H3,(H,28,30). The summed E-state index contributed by atoms with van der Waals surface area (Å²) in [5.74, 6) is -0.323. The summed E-state index contributed by atoms with van der Waals surface area (Å²) >= 11 is 0. The van der Waals surface area contributed by atoms with E-state index in [1.54, 1.807) is 12.1 Å². The first-order valence-corrected chi connectivity index (χ1v) is 12.2. The number of rotatable bonds is 7. The third kappa shape index (κ3) is 5.17. The second-order valence-electron chi connectivity index (χ2n) is 7.84. The van der Waals surface area contributed by atoms with E-state index in [2.05, 4.69) is 5.32 Å². The number of halogens is 3. The van der Waals surface area contributed by atoms with Gasteiger partial charge < -0.3 is 9.73 Å². The van der Waals surface area contributed by atoms with E-state index in [4.69, 9.17) is 4.42 Å². The van der Waals surface area contributed by atoms with Crippen molar-refractivity contribution in [1.29, 1.82) is 0 Å². The smallest absolute Gasteiger partial charge is 0.416 e. The van der Waals surface area contributed by atoms with Crippen LogP contribution in [0.1, 0.15) is 18.4 Å². The number of carbonyl (C=O) groups excluding carboxylic acids is 1. The molecular formula is C24H21F3N2O4S. The Bertz CT molecular complexity index is 1440. The normalized spacial score (nSPS) is 12.2. The average Bonchev–Trinajstić information content (AvgIpc) is 3.13. The highest BCUT2D eigenvalue weighted by Crippen LogP contribution is 2.32. The number of nitrogens with zero attached hydrogens (tertiary/aromatic N) is 1. The van der Waals surface area contributed by atoms with Gasteiger partial charge in [-0.05, 0) is 48.9 Å². The molecule has 4 rings (SSSR count). The third-order valence-corrected chi connectivity index (χ3v) is 6.50. The highest BCUT2D eigenvalue weighted by Gasteiger charge is 2.30. The van der Waals surface area contributed by atoms with E-state index < -0.39 is 21.8 Å². The van der Waals surface area contributed by atoms with Crippen molar-refractivity contribution in [2.24, 2.45) is 0 Å². The summed E-state index contributed by atoms with van der Waals surface area (Å²) in [4.78, 5) is 12.4. The van der Waals surface area contributed by atoms with Crippen LogP contribution in [0.2, 0.25) is 0 Å². The Morgan fingerprint density at radius 3 is 2.32 bits per heavy atom. The van der Waals surface area contributed by atoms with Gasteiger partial charge in [0.15, 0.2) is 0 Å². The van der Waals surface area contributed by atoms with E-state index in [0.717, 1.165) is 51.2 Å². The molecule has 1 heterocycles. The van der Waals surface area contributed by atoms with Crippen LogP contribution in [0.25, 0.3) is 21.9 Å². The van der Waals surface area contributed by atoms with Crippen LogP contribution in [0.15, 0.2) is 71.1 Å². The van der Waals surface area contributed by atoms with Gasteiger partial charge in [-0.1, -0.05) is 18.2 Å². The topological polar surface area (TPSA) is 79.6 Å². The molecule has 178 valence electrons. The fourth-order valence-electron chi connectivity index (χ4n) is 3.71. The summed E-state index contributed by atoms with van der Waals surface area (Å²) in [5, 5.41) is 4.66. The maximum atomic E-state index is 12.8. The first-order chi connectivity index (χ1) is 16.0. The first-order valence-electron chi connectivity index (χ1n) is 10.4. The fourth-order valence-corrected chi connectivity index (χ4v) is 4.68. The Kier molecular flexibility index (Phi) is 6.26. The predicted octanol–water partition coefficient (Wildman–Crippen LogP) is 5.79. The molecular weight excluding hydrogens is 469 g/mol. The first kappa shape index (κ1) is 23.6. The van der Waals surface area contributed by atoms with Crippen molar-refractivity contribution in [1.82, 2.24) is 0 Å². The number of benzene rings is 3. The van der Waals surface area contributed by atoms with Crippen LogP contribution in [-0.4, -0.2) is 27.1 Å². The molecule has 0 aliphatic heterocycles. The second-order valence-corrected chi connectivity index (χ2v) is 9.75. The van der Waals surface area contributed by atoms with Gasteiger partial charge in [0.1, 0.15) is 11.2 Å². The Morgan fingerprint density at radius 2 is 1.65 bits per heavy atom. The zero-order valence-corrected chi connectivity index (χ0v) is 18.9. The lowest BCUT2D eigenvalue weighted by Crippen LogP contribution is -2.31. The molecule has 0 saturated heterocycles. The molecule has 3 aromatic carbocycles. The van der Waals surface area contributed by atoms with Crippen LogP contribution in [0.5, 0.6) is 0 Å². The van der Waals surface area contributed by atoms with E-state index in [1.807, 2.05) is 30.3 Å². The number of furan rings is 1. The van der Waals surface area contributed by atoms with Crippen LogP contribution < -0.4 is 9.62 Å². The minimum Gasteiger partial charge on any atom is -0.456 e. The van der Waals surface area contributed by atoms with Gasteiger partial charge in [-0.25, -0.2) is 8.42 Å². The van der Waals surface area contributed by atoms with E-state index in [1.165, 1.54) is 0 Å². The van der Waals surface area contributed by atoms with Gasteiger partial charge in [0.25, 0.3) is 0 Å². The van der Waals surface area contributed by atoms with Gasteiger partial charge in [0.05, 0.1) is 17.5 Å². The number of hydrogen-bond acceptors (Lipinski definition) is 4. The molecule has 1 amide bonds. The van der Waals surface area contributed by atoms with Crippen molar-refractivity contribution in [3.63, 3.8) is 0 Å². The van der Waals surface area contributed by atoms with Gasteiger partial charge in [-0.3, -0.25) is 9.10 Å². The van der Waals surface area contributed by atoms with E-state index in [9.17, 15) is 26.4 Å². The number of nitrogens with one attached hydrogen (secondary N) is 1. The SMILES string of the molecule is CS(=O)(=O)N(CCCC(=O)Nc1ccc2c(c1)oc1ccccc12)c1ccc(C(F)(F)F)cc1. The molecule has 0 radical (unpaired) electrons. The van der Waals surface area contributed by atoms with Crippen LogP contribution in [0.4, 0.5) is 24.5 Å². The van der Waals surface area contributed by atoms with Crippen molar-refractivity contribution in [3.8, 4) is 0 Å². The Hall–Kier alpha value is -3.53. The molecule has 1 N–H and O–H groups in total. The molecule has 0 aliphatic rings. The second kappa shape index (κ2) is 9.02. The molecule has 10 heteroatoms. The summed E-state index contributed by atoms with van der Waals surface area (Å²) in [5.41, 5.74) is 1.14. The summed E-state index contributed by atoms with van der Waals surface area (Å²) in [6.45, 7) is -0.0553. The van der Waals surface area contributed by atoms with Gasteiger partial charge in [0.2, 0.25) is 15.9 Å². The van der Waals surface area contributed by atoms with Gasteiger partial charge in [0, 0.05) is 35.5 Å². The minimum atomic E-state index is -4.52. The number of carbonyl (C=O) groups is 1. The lowest BCUT2D eigenvalue weighted by Gasteiger charge is -2.22. The monoisotopic (exact) mass is 490 g/mol. The number of alkyl halides is 3. The van der Waals surface area contributed by atoms with Crippen molar-refractivity contribution in [3.05, 3.63) is 72.3 Å². The summed E-state index contributed by atoms with van der Waals surface area (Å²) in [6.07, 6.45) is -3.36. The molecule has 0 saturated carbocycles. The Morgan fingerprint density at radius 1 is 0.971 bits per heavy atom. The lowest BCUT2D eigenvalue weighted by atomic mass is 10.1. The molecule has 0 spiro atoms. The quantitative estimate of drug-likeness (QED) is 0.356. The zero-order chi connectivity index (χ0) is 24.5. The summed E-state index contributed by atoms with van der Waals surface area (Å²) < 4.78 is 69.5. The van der Waals surface area contributed by atoms with Crippen LogP contribution in [0, 0.1) is 0 Å². The van der Waals surface area contributed by atoms with Crippen molar-refractivity contribution in [2.75, 3.05) is 22.4 Å². The maximum Gasteiger partial charge on any atom is 0.416 e. The molecule has 34 heavy (non-hydrogen) atoms. The van der Waals surface area contributed by atoms with Gasteiger partial charge in [-0.2, -0.15) is 13.2 Å². The van der Waals surface area contributed by atoms with Gasteiger partial charge in [-0.15, -0.1) is 0 Å². The molecule has 6 nitrogen and oxygen atoms in total. The number of hydrogen-bond donors (Lipinski definition) is 1. The molecule has 4 aromatic rings. The zero-order valence-electron chi connectivity index (χ0n) is 18.1. The maximum absolute atomic E-state index is 12.8. The van der Waals surface area contributed by atoms with Crippen LogP contribution >= 0.6 is 0 Å². The Labute approximate surface area is 194 Å². The average molecular weight is 491 g/mol. The lowest BCUT2D eigenvalue weighted by molar-refractivity contribution is -0.137. The molecule has 0 aliphatic carbocycles. The molecule has 0 fully saturated rings. The van der Waals surface area contributed by atoms with Crippen molar-refractivity contribution < 1.29 is 30.8 Å². The molecule has 1 aromatic heterocycles. The number of amides is 1. The van der Waals surface area contributed by atoms with E-state index in [0.29, 0.717) is 11.3 Å². The van der Waals surface area contributed by atoms with Crippen molar-refractivity contribution >= 4 is 49.2 Å². The highest BCUT2D eigenvalue weighted by atomic mass is 32.2. The fraction of sp³-hybridized carbons (Fsp3) is 0.208. The van der Waals surface area contributed by atoms with Crippen LogP contribution in [0.3, 0.4) is 0 Å².